The Kier molecular flexibility index (Phi) is 2.70. The molecule has 1 heterocycles. The van der Waals surface area contributed by atoms with E-state index in [1.54, 1.807) is 11.8 Å². The number of rotatable bonds is 2. The first kappa shape index (κ1) is 10.1. The highest BCUT2D eigenvalue weighted by Gasteiger charge is 2.16. The van der Waals surface area contributed by atoms with Crippen molar-refractivity contribution in [1.82, 2.24) is 4.98 Å². The van der Waals surface area contributed by atoms with Crippen LogP contribution in [0.1, 0.15) is 16.5 Å². The molecule has 0 amide bonds. The zero-order valence-corrected chi connectivity index (χ0v) is 9.56. The number of aromatic amines is 1. The highest BCUT2D eigenvalue weighted by molar-refractivity contribution is 7.99. The number of hydrogen-bond acceptors (Lipinski definition) is 2. The van der Waals surface area contributed by atoms with Gasteiger partial charge in [-0.1, -0.05) is 18.2 Å². The van der Waals surface area contributed by atoms with Crippen LogP contribution in [0.3, 0.4) is 0 Å². The van der Waals surface area contributed by atoms with Gasteiger partial charge in [0.25, 0.3) is 0 Å². The Hall–Kier alpha value is -1.40. The number of H-pyrrole nitrogens is 1. The number of fused-ring (bicyclic) bond motifs is 1. The molecule has 1 aromatic carbocycles. The second kappa shape index (κ2) is 4.00. The van der Waals surface area contributed by atoms with Gasteiger partial charge in [0, 0.05) is 22.2 Å². The van der Waals surface area contributed by atoms with Crippen LogP contribution in [0.25, 0.3) is 10.9 Å². The fourth-order valence-corrected chi connectivity index (χ4v) is 2.52. The molecule has 2 rings (SSSR count). The number of thioether (sulfide) groups is 1. The highest BCUT2D eigenvalue weighted by Crippen LogP contribution is 2.34. The molecule has 2 aromatic rings. The van der Waals surface area contributed by atoms with E-state index in [1.165, 1.54) is 0 Å². The molecule has 0 radical (unpaired) electrons. The van der Waals surface area contributed by atoms with Crippen molar-refractivity contribution in [3.63, 3.8) is 0 Å². The van der Waals surface area contributed by atoms with E-state index in [0.717, 1.165) is 22.2 Å². The minimum absolute atomic E-state index is 0.0823. The van der Waals surface area contributed by atoms with E-state index in [-0.39, 0.29) is 5.25 Å². The average Bonchev–Trinajstić information content (AvgIpc) is 2.58. The predicted octanol–water partition coefficient (Wildman–Crippen LogP) is 3.40. The van der Waals surface area contributed by atoms with Crippen molar-refractivity contribution in [3.05, 3.63) is 35.5 Å². The van der Waals surface area contributed by atoms with Crippen LogP contribution in [0.15, 0.2) is 24.3 Å². The lowest BCUT2D eigenvalue weighted by Gasteiger charge is -2.05. The van der Waals surface area contributed by atoms with Crippen LogP contribution in [0.4, 0.5) is 0 Å². The van der Waals surface area contributed by atoms with E-state index in [0.29, 0.717) is 0 Å². The zero-order valence-electron chi connectivity index (χ0n) is 8.74. The molecule has 76 valence electrons. The van der Waals surface area contributed by atoms with E-state index in [1.807, 2.05) is 31.4 Å². The van der Waals surface area contributed by atoms with Gasteiger partial charge in [-0.25, -0.2) is 0 Å². The van der Waals surface area contributed by atoms with Crippen LogP contribution in [0.2, 0.25) is 0 Å². The van der Waals surface area contributed by atoms with E-state index >= 15 is 0 Å². The van der Waals surface area contributed by atoms with Crippen LogP contribution in [-0.4, -0.2) is 11.2 Å². The average molecular weight is 216 g/mol. The molecule has 1 atom stereocenters. The van der Waals surface area contributed by atoms with Gasteiger partial charge < -0.3 is 4.98 Å². The van der Waals surface area contributed by atoms with Crippen molar-refractivity contribution in [2.24, 2.45) is 0 Å². The van der Waals surface area contributed by atoms with Gasteiger partial charge in [0.2, 0.25) is 0 Å². The lowest BCUT2D eigenvalue weighted by molar-refractivity contribution is 1.17. The lowest BCUT2D eigenvalue weighted by atomic mass is 10.1. The van der Waals surface area contributed by atoms with Gasteiger partial charge in [0.15, 0.2) is 0 Å². The van der Waals surface area contributed by atoms with Crippen molar-refractivity contribution in [2.75, 3.05) is 6.26 Å². The first-order valence-corrected chi connectivity index (χ1v) is 6.06. The van der Waals surface area contributed by atoms with E-state index in [9.17, 15) is 0 Å². The summed E-state index contributed by atoms with van der Waals surface area (Å²) in [6.07, 6.45) is 1.97. The molecule has 0 bridgehead atoms. The summed E-state index contributed by atoms with van der Waals surface area (Å²) in [6.45, 7) is 2.02. The molecule has 3 heteroatoms. The van der Waals surface area contributed by atoms with Gasteiger partial charge in [0.05, 0.1) is 6.07 Å². The number of para-hydroxylation sites is 1. The maximum Gasteiger partial charge on any atom is 0.119 e. The monoisotopic (exact) mass is 216 g/mol. The molecule has 0 aliphatic rings. The molecule has 0 saturated heterocycles. The van der Waals surface area contributed by atoms with Crippen LogP contribution in [0, 0.1) is 18.3 Å². The molecule has 1 N–H and O–H groups in total. The Morgan fingerprint density at radius 2 is 2.13 bits per heavy atom. The number of nitrogens with one attached hydrogen (secondary N) is 1. The number of nitriles is 1. The fraction of sp³-hybridized carbons (Fsp3) is 0.250. The third kappa shape index (κ3) is 1.62. The van der Waals surface area contributed by atoms with E-state index in [4.69, 9.17) is 5.26 Å². The van der Waals surface area contributed by atoms with Crippen molar-refractivity contribution < 1.29 is 0 Å². The maximum absolute atomic E-state index is 9.10. The largest absolute Gasteiger partial charge is 0.358 e. The number of nitrogens with zero attached hydrogens (tertiary/aromatic N) is 1. The maximum atomic E-state index is 9.10. The Bertz CT molecular complexity index is 522. The van der Waals surface area contributed by atoms with Crippen molar-refractivity contribution in [1.29, 1.82) is 5.26 Å². The molecule has 1 aromatic heterocycles. The normalized spacial score (nSPS) is 12.6. The second-order valence-corrected chi connectivity index (χ2v) is 4.40. The summed E-state index contributed by atoms with van der Waals surface area (Å²) < 4.78 is 0. The molecular weight excluding hydrogens is 204 g/mol. The van der Waals surface area contributed by atoms with Crippen molar-refractivity contribution >= 4 is 22.7 Å². The smallest absolute Gasteiger partial charge is 0.119 e. The summed E-state index contributed by atoms with van der Waals surface area (Å²) in [7, 11) is 0. The Balaban J connectivity index is 2.69. The molecular formula is C12H12N2S. The molecule has 0 spiro atoms. The first-order chi connectivity index (χ1) is 7.27. The summed E-state index contributed by atoms with van der Waals surface area (Å²) in [5, 5.41) is 10.2. The van der Waals surface area contributed by atoms with Crippen LogP contribution >= 0.6 is 11.8 Å². The Morgan fingerprint density at radius 1 is 1.40 bits per heavy atom. The molecule has 15 heavy (non-hydrogen) atoms. The summed E-state index contributed by atoms with van der Waals surface area (Å²) in [4.78, 5) is 3.31. The van der Waals surface area contributed by atoms with Gasteiger partial charge in [-0.3, -0.25) is 0 Å². The summed E-state index contributed by atoms with van der Waals surface area (Å²) in [6, 6.07) is 10.4. The third-order valence-electron chi connectivity index (χ3n) is 2.56. The standard InChI is InChI=1S/C12H12N2S/c1-8-12(11(7-13)15-2)9-5-3-4-6-10(9)14-8/h3-6,11,14H,1-2H3. The summed E-state index contributed by atoms with van der Waals surface area (Å²) in [5.74, 6) is 0. The third-order valence-corrected chi connectivity index (χ3v) is 3.37. The minimum atomic E-state index is -0.0823. The zero-order chi connectivity index (χ0) is 10.8. The number of aromatic nitrogens is 1. The number of benzene rings is 1. The van der Waals surface area contributed by atoms with Crippen LogP contribution in [-0.2, 0) is 0 Å². The summed E-state index contributed by atoms with van der Waals surface area (Å²) in [5.41, 5.74) is 3.33. The van der Waals surface area contributed by atoms with Gasteiger partial charge in [-0.15, -0.1) is 11.8 Å². The van der Waals surface area contributed by atoms with Crippen LogP contribution in [0.5, 0.6) is 0 Å². The SMILES string of the molecule is CSC(C#N)c1c(C)[nH]c2ccccc12. The Morgan fingerprint density at radius 3 is 2.80 bits per heavy atom. The topological polar surface area (TPSA) is 39.6 Å². The minimum Gasteiger partial charge on any atom is -0.358 e. The van der Waals surface area contributed by atoms with Crippen molar-refractivity contribution in [3.8, 4) is 6.07 Å². The van der Waals surface area contributed by atoms with Gasteiger partial charge in [-0.2, -0.15) is 5.26 Å². The molecule has 0 saturated carbocycles. The van der Waals surface area contributed by atoms with E-state index in [2.05, 4.69) is 17.1 Å². The molecule has 2 nitrogen and oxygen atoms in total. The quantitative estimate of drug-likeness (QED) is 0.835. The van der Waals surface area contributed by atoms with Crippen molar-refractivity contribution in [2.45, 2.75) is 12.2 Å². The fourth-order valence-electron chi connectivity index (χ4n) is 1.87. The van der Waals surface area contributed by atoms with Gasteiger partial charge in [-0.05, 0) is 19.2 Å². The first-order valence-electron chi connectivity index (χ1n) is 4.77. The number of aryl methyl sites for hydroxylation is 1. The van der Waals surface area contributed by atoms with Crippen LogP contribution < -0.4 is 0 Å². The summed E-state index contributed by atoms with van der Waals surface area (Å²) >= 11 is 1.58. The van der Waals surface area contributed by atoms with Gasteiger partial charge in [0.1, 0.15) is 5.25 Å². The molecule has 0 fully saturated rings. The lowest BCUT2D eigenvalue weighted by Crippen LogP contribution is -1.90. The predicted molar refractivity (Wildman–Crippen MR) is 64.9 cm³/mol. The van der Waals surface area contributed by atoms with Gasteiger partial charge >= 0.3 is 0 Å². The van der Waals surface area contributed by atoms with E-state index < -0.39 is 0 Å². The highest BCUT2D eigenvalue weighted by atomic mass is 32.2. The second-order valence-electron chi connectivity index (χ2n) is 3.45. The Labute approximate surface area is 93.3 Å². The molecule has 1 unspecified atom stereocenters. The molecule has 0 aliphatic heterocycles. The molecule has 0 aliphatic carbocycles. The number of hydrogen-bond donors (Lipinski definition) is 1.